The summed E-state index contributed by atoms with van der Waals surface area (Å²) in [6.45, 7) is 5.44. The highest BCUT2D eigenvalue weighted by molar-refractivity contribution is 9.10. The van der Waals surface area contributed by atoms with Crippen molar-refractivity contribution >= 4 is 33.0 Å². The standard InChI is InChI=1S/C16H20BrFN2S/c1-11(2)19-8-14-15(18)5-4-6-16(14)20(3)9-13-7-12(17)10-21-13/h4-7,10-11,19H,8-9H2,1-3H3. The summed E-state index contributed by atoms with van der Waals surface area (Å²) in [4.78, 5) is 3.34. The first-order valence-electron chi connectivity index (χ1n) is 6.92. The molecule has 2 rings (SSSR count). The molecular formula is C16H20BrFN2S. The quantitative estimate of drug-likeness (QED) is 0.786. The minimum absolute atomic E-state index is 0.153. The molecule has 0 bridgehead atoms. The number of hydrogen-bond donors (Lipinski definition) is 1. The topological polar surface area (TPSA) is 15.3 Å². The highest BCUT2D eigenvalue weighted by atomic mass is 79.9. The summed E-state index contributed by atoms with van der Waals surface area (Å²) in [7, 11) is 2.00. The van der Waals surface area contributed by atoms with Crippen molar-refractivity contribution in [2.75, 3.05) is 11.9 Å². The van der Waals surface area contributed by atoms with Gasteiger partial charge < -0.3 is 10.2 Å². The molecule has 0 aliphatic heterocycles. The molecule has 2 aromatic rings. The molecule has 1 aromatic carbocycles. The predicted octanol–water partition coefficient (Wildman–Crippen LogP) is 4.78. The minimum atomic E-state index is -0.153. The number of hydrogen-bond acceptors (Lipinski definition) is 3. The minimum Gasteiger partial charge on any atom is -0.369 e. The Hall–Kier alpha value is -0.910. The number of rotatable bonds is 6. The van der Waals surface area contributed by atoms with E-state index in [-0.39, 0.29) is 5.82 Å². The molecule has 5 heteroatoms. The summed E-state index contributed by atoms with van der Waals surface area (Å²) in [5.74, 6) is -0.153. The lowest BCUT2D eigenvalue weighted by Crippen LogP contribution is -2.25. The van der Waals surface area contributed by atoms with Crippen molar-refractivity contribution < 1.29 is 4.39 Å². The second kappa shape index (κ2) is 7.38. The van der Waals surface area contributed by atoms with Crippen LogP contribution >= 0.6 is 27.3 Å². The third kappa shape index (κ3) is 4.53. The first-order chi connectivity index (χ1) is 9.97. The van der Waals surface area contributed by atoms with E-state index in [0.29, 0.717) is 12.6 Å². The van der Waals surface area contributed by atoms with Crippen molar-refractivity contribution in [3.63, 3.8) is 0 Å². The van der Waals surface area contributed by atoms with Gasteiger partial charge in [-0.25, -0.2) is 4.39 Å². The fourth-order valence-corrected chi connectivity index (χ4v) is 3.65. The average molecular weight is 371 g/mol. The van der Waals surface area contributed by atoms with E-state index >= 15 is 0 Å². The first kappa shape index (κ1) is 16.5. The fourth-order valence-electron chi connectivity index (χ4n) is 2.14. The molecule has 0 radical (unpaired) electrons. The smallest absolute Gasteiger partial charge is 0.129 e. The van der Waals surface area contributed by atoms with Crippen LogP contribution in [0.15, 0.2) is 34.1 Å². The molecule has 0 saturated heterocycles. The molecule has 0 amide bonds. The highest BCUT2D eigenvalue weighted by Crippen LogP contribution is 2.26. The molecule has 0 atom stereocenters. The number of benzene rings is 1. The van der Waals surface area contributed by atoms with Crippen LogP contribution in [0.2, 0.25) is 0 Å². The number of anilines is 1. The maximum Gasteiger partial charge on any atom is 0.129 e. The molecule has 0 fully saturated rings. The predicted molar refractivity (Wildman–Crippen MR) is 92.5 cm³/mol. The summed E-state index contributed by atoms with van der Waals surface area (Å²) in [5.41, 5.74) is 1.66. The van der Waals surface area contributed by atoms with Gasteiger partial charge in [0.25, 0.3) is 0 Å². The van der Waals surface area contributed by atoms with Crippen molar-refractivity contribution in [1.29, 1.82) is 0 Å². The fraction of sp³-hybridized carbons (Fsp3) is 0.375. The Labute approximate surface area is 138 Å². The van der Waals surface area contributed by atoms with Gasteiger partial charge in [0.15, 0.2) is 0 Å². The SMILES string of the molecule is CC(C)NCc1c(F)cccc1N(C)Cc1cc(Br)cs1. The van der Waals surface area contributed by atoms with Gasteiger partial charge in [0, 0.05) is 45.6 Å². The van der Waals surface area contributed by atoms with Gasteiger partial charge in [-0.1, -0.05) is 19.9 Å². The van der Waals surface area contributed by atoms with Gasteiger partial charge in [-0.15, -0.1) is 11.3 Å². The second-order valence-corrected chi connectivity index (χ2v) is 7.27. The van der Waals surface area contributed by atoms with Crippen LogP contribution in [0.25, 0.3) is 0 Å². The first-order valence-corrected chi connectivity index (χ1v) is 8.59. The van der Waals surface area contributed by atoms with Crippen molar-refractivity contribution in [1.82, 2.24) is 5.32 Å². The molecule has 1 N–H and O–H groups in total. The van der Waals surface area contributed by atoms with Gasteiger partial charge in [-0.3, -0.25) is 0 Å². The Morgan fingerprint density at radius 1 is 1.38 bits per heavy atom. The molecule has 0 aliphatic rings. The van der Waals surface area contributed by atoms with Crippen molar-refractivity contribution in [3.05, 3.63) is 50.4 Å². The second-order valence-electron chi connectivity index (χ2n) is 5.36. The zero-order chi connectivity index (χ0) is 15.4. The van der Waals surface area contributed by atoms with Crippen LogP contribution in [0.4, 0.5) is 10.1 Å². The van der Waals surface area contributed by atoms with Gasteiger partial charge >= 0.3 is 0 Å². The van der Waals surface area contributed by atoms with E-state index < -0.39 is 0 Å². The number of halogens is 2. The number of nitrogens with zero attached hydrogens (tertiary/aromatic N) is 1. The Morgan fingerprint density at radius 3 is 2.76 bits per heavy atom. The molecule has 2 nitrogen and oxygen atoms in total. The summed E-state index contributed by atoms with van der Waals surface area (Å²) in [6.07, 6.45) is 0. The number of nitrogens with one attached hydrogen (secondary N) is 1. The summed E-state index contributed by atoms with van der Waals surface area (Å²) < 4.78 is 15.2. The van der Waals surface area contributed by atoms with Gasteiger partial charge in [0.05, 0.1) is 6.54 Å². The maximum absolute atomic E-state index is 14.1. The molecule has 1 heterocycles. The van der Waals surface area contributed by atoms with Crippen molar-refractivity contribution in [2.24, 2.45) is 0 Å². The summed E-state index contributed by atoms with van der Waals surface area (Å²) >= 11 is 5.17. The molecule has 114 valence electrons. The van der Waals surface area contributed by atoms with Crippen LogP contribution < -0.4 is 10.2 Å². The van der Waals surface area contributed by atoms with Gasteiger partial charge in [-0.05, 0) is 34.1 Å². The zero-order valence-corrected chi connectivity index (χ0v) is 14.9. The third-order valence-electron chi connectivity index (χ3n) is 3.21. The normalized spacial score (nSPS) is 11.1. The molecular weight excluding hydrogens is 351 g/mol. The average Bonchev–Trinajstić information content (AvgIpc) is 2.82. The maximum atomic E-state index is 14.1. The van der Waals surface area contributed by atoms with Crippen LogP contribution in [0, 0.1) is 5.82 Å². The van der Waals surface area contributed by atoms with Crippen molar-refractivity contribution in [2.45, 2.75) is 33.0 Å². The van der Waals surface area contributed by atoms with Crippen LogP contribution in [0.3, 0.4) is 0 Å². The van der Waals surface area contributed by atoms with E-state index in [1.54, 1.807) is 17.4 Å². The highest BCUT2D eigenvalue weighted by Gasteiger charge is 2.13. The Morgan fingerprint density at radius 2 is 2.14 bits per heavy atom. The molecule has 0 spiro atoms. The van der Waals surface area contributed by atoms with E-state index in [1.807, 2.05) is 13.1 Å². The largest absolute Gasteiger partial charge is 0.369 e. The molecule has 21 heavy (non-hydrogen) atoms. The zero-order valence-electron chi connectivity index (χ0n) is 12.5. The van der Waals surface area contributed by atoms with Crippen LogP contribution in [0.5, 0.6) is 0 Å². The van der Waals surface area contributed by atoms with E-state index in [1.165, 1.54) is 10.9 Å². The molecule has 0 saturated carbocycles. The lowest BCUT2D eigenvalue weighted by molar-refractivity contribution is 0.552. The Bertz CT molecular complexity index is 598. The number of thiophene rings is 1. The van der Waals surface area contributed by atoms with E-state index in [2.05, 4.69) is 51.4 Å². The lowest BCUT2D eigenvalue weighted by Gasteiger charge is -2.23. The van der Waals surface area contributed by atoms with E-state index in [4.69, 9.17) is 0 Å². The van der Waals surface area contributed by atoms with Crippen molar-refractivity contribution in [3.8, 4) is 0 Å². The van der Waals surface area contributed by atoms with E-state index in [0.717, 1.165) is 22.3 Å². The molecule has 0 unspecified atom stereocenters. The Balaban J connectivity index is 2.19. The molecule has 0 aliphatic carbocycles. The van der Waals surface area contributed by atoms with Gasteiger partial charge in [0.2, 0.25) is 0 Å². The monoisotopic (exact) mass is 370 g/mol. The third-order valence-corrected chi connectivity index (χ3v) is 4.89. The summed E-state index contributed by atoms with van der Waals surface area (Å²) in [5, 5.41) is 5.36. The van der Waals surface area contributed by atoms with Crippen LogP contribution in [-0.2, 0) is 13.1 Å². The van der Waals surface area contributed by atoms with E-state index in [9.17, 15) is 4.39 Å². The lowest BCUT2D eigenvalue weighted by atomic mass is 10.1. The summed E-state index contributed by atoms with van der Waals surface area (Å²) in [6, 6.07) is 7.70. The van der Waals surface area contributed by atoms with Gasteiger partial charge in [0.1, 0.15) is 5.82 Å². The molecule has 1 aromatic heterocycles. The van der Waals surface area contributed by atoms with Crippen LogP contribution in [0.1, 0.15) is 24.3 Å². The van der Waals surface area contributed by atoms with Crippen LogP contribution in [-0.4, -0.2) is 13.1 Å². The van der Waals surface area contributed by atoms with Gasteiger partial charge in [-0.2, -0.15) is 0 Å². The Kier molecular flexibility index (Phi) is 5.79.